The van der Waals surface area contributed by atoms with Crippen molar-refractivity contribution in [2.45, 2.75) is 12.8 Å². The van der Waals surface area contributed by atoms with Crippen molar-refractivity contribution in [2.24, 2.45) is 5.92 Å². The summed E-state index contributed by atoms with van der Waals surface area (Å²) < 4.78 is 5.13. The van der Waals surface area contributed by atoms with E-state index < -0.39 is 0 Å². The van der Waals surface area contributed by atoms with E-state index in [-0.39, 0.29) is 11.7 Å². The molecular weight excluding hydrogens is 266 g/mol. The molecule has 1 aliphatic heterocycles. The number of carbonyl (C=O) groups is 1. The largest absolute Gasteiger partial charge is 0.350 e. The van der Waals surface area contributed by atoms with Gasteiger partial charge in [0.25, 0.3) is 5.91 Å². The number of hydrogen-bond donors (Lipinski definition) is 2. The van der Waals surface area contributed by atoms with Crippen LogP contribution < -0.4 is 10.6 Å². The zero-order valence-corrected chi connectivity index (χ0v) is 11.8. The standard InChI is InChI=1S/C16H19N3O2/c20-16(18-9-7-12-6-8-17-11-12)15-10-14(19-21-15)13-4-2-1-3-5-13/h1-5,10,12,17H,6-9,11H2,(H,18,20). The number of nitrogens with one attached hydrogen (secondary N) is 2. The Balaban J connectivity index is 1.54. The Kier molecular flexibility index (Phi) is 4.31. The Morgan fingerprint density at radius 1 is 1.38 bits per heavy atom. The van der Waals surface area contributed by atoms with Crippen LogP contribution in [0.3, 0.4) is 0 Å². The molecule has 1 atom stereocenters. The number of rotatable bonds is 5. The molecule has 1 saturated heterocycles. The molecule has 5 nitrogen and oxygen atoms in total. The van der Waals surface area contributed by atoms with Crippen LogP contribution in [0.15, 0.2) is 40.9 Å². The molecule has 0 saturated carbocycles. The summed E-state index contributed by atoms with van der Waals surface area (Å²) in [6.07, 6.45) is 2.19. The number of amides is 1. The van der Waals surface area contributed by atoms with Crippen LogP contribution in [0.5, 0.6) is 0 Å². The highest BCUT2D eigenvalue weighted by Crippen LogP contribution is 2.18. The van der Waals surface area contributed by atoms with Crippen molar-refractivity contribution >= 4 is 5.91 Å². The summed E-state index contributed by atoms with van der Waals surface area (Å²) in [5.41, 5.74) is 1.62. The number of benzene rings is 1. The van der Waals surface area contributed by atoms with Gasteiger partial charge in [-0.2, -0.15) is 0 Å². The van der Waals surface area contributed by atoms with E-state index in [9.17, 15) is 4.79 Å². The van der Waals surface area contributed by atoms with E-state index in [0.717, 1.165) is 25.1 Å². The fourth-order valence-electron chi connectivity index (χ4n) is 2.56. The lowest BCUT2D eigenvalue weighted by Crippen LogP contribution is -2.26. The van der Waals surface area contributed by atoms with Gasteiger partial charge in [0.1, 0.15) is 5.69 Å². The van der Waals surface area contributed by atoms with E-state index in [0.29, 0.717) is 18.2 Å². The number of hydrogen-bond acceptors (Lipinski definition) is 4. The molecule has 3 rings (SSSR count). The molecule has 2 heterocycles. The van der Waals surface area contributed by atoms with E-state index in [1.165, 1.54) is 6.42 Å². The average molecular weight is 285 g/mol. The topological polar surface area (TPSA) is 67.2 Å². The van der Waals surface area contributed by atoms with Crippen LogP contribution in [0.2, 0.25) is 0 Å². The van der Waals surface area contributed by atoms with E-state index in [1.54, 1.807) is 6.07 Å². The molecular formula is C16H19N3O2. The summed E-state index contributed by atoms with van der Waals surface area (Å²) >= 11 is 0. The molecule has 1 amide bonds. The van der Waals surface area contributed by atoms with Crippen molar-refractivity contribution in [3.63, 3.8) is 0 Å². The number of carbonyl (C=O) groups excluding carboxylic acids is 1. The van der Waals surface area contributed by atoms with Crippen LogP contribution in [0.1, 0.15) is 23.4 Å². The second-order valence-corrected chi connectivity index (χ2v) is 5.35. The lowest BCUT2D eigenvalue weighted by Gasteiger charge is -2.07. The van der Waals surface area contributed by atoms with E-state index in [4.69, 9.17) is 4.52 Å². The van der Waals surface area contributed by atoms with Gasteiger partial charge in [0.2, 0.25) is 5.76 Å². The zero-order valence-electron chi connectivity index (χ0n) is 11.8. The van der Waals surface area contributed by atoms with Gasteiger partial charge in [0.05, 0.1) is 0 Å². The van der Waals surface area contributed by atoms with E-state index in [1.807, 2.05) is 30.3 Å². The van der Waals surface area contributed by atoms with Gasteiger partial charge in [-0.15, -0.1) is 0 Å². The molecule has 2 N–H and O–H groups in total. The first-order chi connectivity index (χ1) is 10.3. The second-order valence-electron chi connectivity index (χ2n) is 5.35. The van der Waals surface area contributed by atoms with Crippen LogP contribution in [-0.4, -0.2) is 30.7 Å². The van der Waals surface area contributed by atoms with Gasteiger partial charge < -0.3 is 15.2 Å². The minimum Gasteiger partial charge on any atom is -0.350 e. The maximum Gasteiger partial charge on any atom is 0.289 e. The Hall–Kier alpha value is -2.14. The molecule has 1 fully saturated rings. The number of nitrogens with zero attached hydrogens (tertiary/aromatic N) is 1. The first-order valence-electron chi connectivity index (χ1n) is 7.34. The molecule has 1 aromatic carbocycles. The van der Waals surface area contributed by atoms with Gasteiger partial charge in [-0.3, -0.25) is 4.79 Å². The van der Waals surface area contributed by atoms with Crippen molar-refractivity contribution in [3.8, 4) is 11.3 Å². The lowest BCUT2D eigenvalue weighted by atomic mass is 10.1. The van der Waals surface area contributed by atoms with Crippen LogP contribution in [0.25, 0.3) is 11.3 Å². The SMILES string of the molecule is O=C(NCCC1CCNC1)c1cc(-c2ccccc2)no1. The minimum atomic E-state index is -0.198. The van der Waals surface area contributed by atoms with Gasteiger partial charge in [-0.25, -0.2) is 0 Å². The van der Waals surface area contributed by atoms with E-state index in [2.05, 4.69) is 15.8 Å². The first kappa shape index (κ1) is 13.8. The fourth-order valence-corrected chi connectivity index (χ4v) is 2.56. The minimum absolute atomic E-state index is 0.198. The fraction of sp³-hybridized carbons (Fsp3) is 0.375. The summed E-state index contributed by atoms with van der Waals surface area (Å²) in [6, 6.07) is 11.4. The molecule has 1 unspecified atom stereocenters. The summed E-state index contributed by atoms with van der Waals surface area (Å²) in [6.45, 7) is 2.81. The monoisotopic (exact) mass is 285 g/mol. The Morgan fingerprint density at radius 2 is 2.24 bits per heavy atom. The molecule has 0 radical (unpaired) electrons. The third-order valence-electron chi connectivity index (χ3n) is 3.80. The van der Waals surface area contributed by atoms with Crippen LogP contribution in [0.4, 0.5) is 0 Å². The van der Waals surface area contributed by atoms with Crippen molar-refractivity contribution in [2.75, 3.05) is 19.6 Å². The highest BCUT2D eigenvalue weighted by atomic mass is 16.5. The predicted octanol–water partition coefficient (Wildman–Crippen LogP) is 2.07. The van der Waals surface area contributed by atoms with Gasteiger partial charge in [-0.1, -0.05) is 35.5 Å². The van der Waals surface area contributed by atoms with Gasteiger partial charge >= 0.3 is 0 Å². The zero-order chi connectivity index (χ0) is 14.5. The van der Waals surface area contributed by atoms with Crippen molar-refractivity contribution in [1.29, 1.82) is 0 Å². The second kappa shape index (κ2) is 6.54. The molecule has 1 aromatic heterocycles. The van der Waals surface area contributed by atoms with Gasteiger partial charge in [-0.05, 0) is 31.8 Å². The van der Waals surface area contributed by atoms with E-state index >= 15 is 0 Å². The highest BCUT2D eigenvalue weighted by Gasteiger charge is 2.16. The van der Waals surface area contributed by atoms with Crippen LogP contribution in [0, 0.1) is 5.92 Å². The quantitative estimate of drug-likeness (QED) is 0.882. The van der Waals surface area contributed by atoms with Crippen LogP contribution >= 0.6 is 0 Å². The maximum atomic E-state index is 12.0. The molecule has 1 aliphatic rings. The third-order valence-corrected chi connectivity index (χ3v) is 3.80. The predicted molar refractivity (Wildman–Crippen MR) is 79.9 cm³/mol. The molecule has 0 spiro atoms. The Labute approximate surface area is 123 Å². The average Bonchev–Trinajstić information content (AvgIpc) is 3.20. The van der Waals surface area contributed by atoms with Crippen molar-refractivity contribution < 1.29 is 9.32 Å². The van der Waals surface area contributed by atoms with Crippen LogP contribution in [-0.2, 0) is 0 Å². The summed E-state index contributed by atoms with van der Waals surface area (Å²) in [4.78, 5) is 12.0. The summed E-state index contributed by atoms with van der Waals surface area (Å²) in [5.74, 6) is 0.731. The maximum absolute atomic E-state index is 12.0. The molecule has 110 valence electrons. The lowest BCUT2D eigenvalue weighted by molar-refractivity contribution is 0.0915. The highest BCUT2D eigenvalue weighted by molar-refractivity contribution is 5.92. The van der Waals surface area contributed by atoms with Crippen molar-refractivity contribution in [1.82, 2.24) is 15.8 Å². The molecule has 2 aromatic rings. The third kappa shape index (κ3) is 3.49. The summed E-state index contributed by atoms with van der Waals surface area (Å²) in [7, 11) is 0. The Bertz CT molecular complexity index is 589. The van der Waals surface area contributed by atoms with Gasteiger partial charge in [0.15, 0.2) is 0 Å². The molecule has 0 bridgehead atoms. The Morgan fingerprint density at radius 3 is 3.00 bits per heavy atom. The summed E-state index contributed by atoms with van der Waals surface area (Å²) in [5, 5.41) is 10.2. The van der Waals surface area contributed by atoms with Crippen molar-refractivity contribution in [3.05, 3.63) is 42.2 Å². The van der Waals surface area contributed by atoms with Gasteiger partial charge in [0, 0.05) is 18.2 Å². The molecule has 5 heteroatoms. The smallest absolute Gasteiger partial charge is 0.289 e. The normalized spacial score (nSPS) is 17.8. The first-order valence-corrected chi connectivity index (χ1v) is 7.34. The number of aromatic nitrogens is 1. The molecule has 21 heavy (non-hydrogen) atoms. The molecule has 0 aliphatic carbocycles.